The van der Waals surface area contributed by atoms with Crippen molar-refractivity contribution < 1.29 is 12.9 Å². The van der Waals surface area contributed by atoms with Crippen molar-refractivity contribution in [1.29, 1.82) is 0 Å². The molecular weight excluding hydrogens is 294 g/mol. The number of hydrogen-bond acceptors (Lipinski definition) is 5. The Balaban J connectivity index is 2.57. The molecule has 8 nitrogen and oxygen atoms in total. The summed E-state index contributed by atoms with van der Waals surface area (Å²) in [6.07, 6.45) is 0. The molecule has 0 radical (unpaired) electrons. The highest BCUT2D eigenvalue weighted by Crippen LogP contribution is 2.14. The number of primary sulfonamides is 1. The summed E-state index contributed by atoms with van der Waals surface area (Å²) in [6, 6.07) is 1.86. The van der Waals surface area contributed by atoms with Crippen LogP contribution >= 0.6 is 0 Å². The van der Waals surface area contributed by atoms with E-state index in [2.05, 4.69) is 20.8 Å². The van der Waals surface area contributed by atoms with Crippen molar-refractivity contribution in [2.45, 2.75) is 33.2 Å². The molecule has 0 aliphatic carbocycles. The van der Waals surface area contributed by atoms with E-state index in [0.717, 1.165) is 5.69 Å². The molecule has 1 aromatic rings. The van der Waals surface area contributed by atoms with Gasteiger partial charge in [0.15, 0.2) is 11.7 Å². The molecular formula is C12H23N5O3S. The summed E-state index contributed by atoms with van der Waals surface area (Å²) in [5.74, 6) is 1.30. The molecule has 4 N–H and O–H groups in total. The third-order valence-electron chi connectivity index (χ3n) is 2.58. The quantitative estimate of drug-likeness (QED) is 0.485. The van der Waals surface area contributed by atoms with E-state index in [9.17, 15) is 8.42 Å². The van der Waals surface area contributed by atoms with Gasteiger partial charge in [0.1, 0.15) is 6.54 Å². The SMILES string of the molecule is CCNC(=NCc1cc(C(C)C)no1)NCCS(N)(=O)=O. The second-order valence-electron chi connectivity index (χ2n) is 4.86. The number of sulfonamides is 1. The first-order valence-corrected chi connectivity index (χ1v) is 8.51. The van der Waals surface area contributed by atoms with Crippen LogP contribution in [0, 0.1) is 0 Å². The highest BCUT2D eigenvalue weighted by molar-refractivity contribution is 7.89. The highest BCUT2D eigenvalue weighted by Gasteiger charge is 2.08. The molecule has 1 rings (SSSR count). The second kappa shape index (κ2) is 7.99. The number of nitrogens with zero attached hydrogens (tertiary/aromatic N) is 2. The molecule has 0 amide bonds. The first-order chi connectivity index (χ1) is 9.81. The van der Waals surface area contributed by atoms with Gasteiger partial charge in [-0.3, -0.25) is 0 Å². The van der Waals surface area contributed by atoms with Crippen LogP contribution in [0.2, 0.25) is 0 Å². The van der Waals surface area contributed by atoms with E-state index in [0.29, 0.717) is 30.7 Å². The topological polar surface area (TPSA) is 123 Å². The van der Waals surface area contributed by atoms with Crippen molar-refractivity contribution >= 4 is 16.0 Å². The average molecular weight is 317 g/mol. The summed E-state index contributed by atoms with van der Waals surface area (Å²) in [6.45, 7) is 7.16. The fourth-order valence-corrected chi connectivity index (χ4v) is 1.87. The Bertz CT molecular complexity index is 565. The second-order valence-corrected chi connectivity index (χ2v) is 6.60. The Kier molecular flexibility index (Phi) is 6.63. The number of nitrogens with two attached hydrogens (primary N) is 1. The van der Waals surface area contributed by atoms with E-state index in [1.165, 1.54) is 0 Å². The Morgan fingerprint density at radius 2 is 2.19 bits per heavy atom. The molecule has 0 unspecified atom stereocenters. The maximum absolute atomic E-state index is 10.9. The minimum atomic E-state index is -3.48. The van der Waals surface area contributed by atoms with Gasteiger partial charge in [0.2, 0.25) is 10.0 Å². The first-order valence-electron chi connectivity index (χ1n) is 6.80. The molecule has 0 atom stereocenters. The summed E-state index contributed by atoms with van der Waals surface area (Å²) in [5.41, 5.74) is 0.882. The monoisotopic (exact) mass is 317 g/mol. The van der Waals surface area contributed by atoms with Crippen LogP contribution < -0.4 is 15.8 Å². The standard InChI is InChI=1S/C12H23N5O3S/c1-4-14-12(15-5-6-21(13,18)19)16-8-10-7-11(9(2)3)17-20-10/h7,9H,4-6,8H2,1-3H3,(H2,13,18,19)(H2,14,15,16). The van der Waals surface area contributed by atoms with Gasteiger partial charge in [0.05, 0.1) is 11.4 Å². The zero-order valence-electron chi connectivity index (χ0n) is 12.6. The Labute approximate surface area is 125 Å². The number of nitrogens with one attached hydrogen (secondary N) is 2. The van der Waals surface area contributed by atoms with Crippen molar-refractivity contribution in [3.63, 3.8) is 0 Å². The largest absolute Gasteiger partial charge is 0.359 e. The van der Waals surface area contributed by atoms with Crippen LogP contribution in [0.1, 0.15) is 38.1 Å². The van der Waals surface area contributed by atoms with Crippen LogP contribution in [0.4, 0.5) is 0 Å². The van der Waals surface area contributed by atoms with Crippen LogP contribution in [-0.4, -0.2) is 38.4 Å². The smallest absolute Gasteiger partial charge is 0.210 e. The van der Waals surface area contributed by atoms with Gasteiger partial charge < -0.3 is 15.2 Å². The number of hydrogen-bond donors (Lipinski definition) is 3. The van der Waals surface area contributed by atoms with Gasteiger partial charge in [0, 0.05) is 19.2 Å². The van der Waals surface area contributed by atoms with Crippen molar-refractivity contribution in [1.82, 2.24) is 15.8 Å². The number of aromatic nitrogens is 1. The molecule has 1 heterocycles. The van der Waals surface area contributed by atoms with Gasteiger partial charge in [-0.15, -0.1) is 0 Å². The van der Waals surface area contributed by atoms with Gasteiger partial charge in [0.25, 0.3) is 0 Å². The third-order valence-corrected chi connectivity index (χ3v) is 3.36. The molecule has 0 aliphatic rings. The molecule has 0 fully saturated rings. The van der Waals surface area contributed by atoms with E-state index in [-0.39, 0.29) is 12.3 Å². The third kappa shape index (κ3) is 7.09. The van der Waals surface area contributed by atoms with Crippen LogP contribution in [-0.2, 0) is 16.6 Å². The zero-order chi connectivity index (χ0) is 15.9. The fourth-order valence-electron chi connectivity index (χ4n) is 1.49. The van der Waals surface area contributed by atoms with E-state index in [1.807, 2.05) is 26.8 Å². The Morgan fingerprint density at radius 1 is 1.48 bits per heavy atom. The molecule has 21 heavy (non-hydrogen) atoms. The van der Waals surface area contributed by atoms with Crippen LogP contribution in [0.15, 0.2) is 15.6 Å². The first kappa shape index (κ1) is 17.4. The van der Waals surface area contributed by atoms with E-state index in [4.69, 9.17) is 9.66 Å². The van der Waals surface area contributed by atoms with Crippen LogP contribution in [0.5, 0.6) is 0 Å². The molecule has 0 saturated carbocycles. The summed E-state index contributed by atoms with van der Waals surface area (Å²) in [5, 5.41) is 14.8. The lowest BCUT2D eigenvalue weighted by Crippen LogP contribution is -2.40. The minimum Gasteiger partial charge on any atom is -0.359 e. The molecule has 0 bridgehead atoms. The molecule has 120 valence electrons. The van der Waals surface area contributed by atoms with Crippen molar-refractivity contribution in [3.05, 3.63) is 17.5 Å². The summed E-state index contributed by atoms with van der Waals surface area (Å²) >= 11 is 0. The van der Waals surface area contributed by atoms with Gasteiger partial charge >= 0.3 is 0 Å². The van der Waals surface area contributed by atoms with Gasteiger partial charge in [-0.2, -0.15) is 0 Å². The summed E-state index contributed by atoms with van der Waals surface area (Å²) in [7, 11) is -3.48. The molecule has 0 spiro atoms. The van der Waals surface area contributed by atoms with Crippen LogP contribution in [0.25, 0.3) is 0 Å². The lowest BCUT2D eigenvalue weighted by Gasteiger charge is -2.09. The predicted molar refractivity (Wildman–Crippen MR) is 81.4 cm³/mol. The Morgan fingerprint density at radius 3 is 2.71 bits per heavy atom. The van der Waals surface area contributed by atoms with E-state index in [1.54, 1.807) is 0 Å². The predicted octanol–water partition coefficient (Wildman–Crippen LogP) is 0.142. The maximum Gasteiger partial charge on any atom is 0.210 e. The van der Waals surface area contributed by atoms with Crippen molar-refractivity contribution in [3.8, 4) is 0 Å². The highest BCUT2D eigenvalue weighted by atomic mass is 32.2. The number of rotatable bonds is 7. The summed E-state index contributed by atoms with van der Waals surface area (Å²) in [4.78, 5) is 4.30. The van der Waals surface area contributed by atoms with E-state index >= 15 is 0 Å². The zero-order valence-corrected chi connectivity index (χ0v) is 13.4. The van der Waals surface area contributed by atoms with Crippen molar-refractivity contribution in [2.75, 3.05) is 18.8 Å². The molecule has 0 aliphatic heterocycles. The normalized spacial score (nSPS) is 12.7. The molecule has 9 heteroatoms. The fraction of sp³-hybridized carbons (Fsp3) is 0.667. The lowest BCUT2D eigenvalue weighted by atomic mass is 10.1. The maximum atomic E-state index is 10.9. The van der Waals surface area contributed by atoms with Crippen molar-refractivity contribution in [2.24, 2.45) is 10.1 Å². The molecule has 1 aromatic heterocycles. The molecule has 0 saturated heterocycles. The lowest BCUT2D eigenvalue weighted by molar-refractivity contribution is 0.376. The van der Waals surface area contributed by atoms with Gasteiger partial charge in [-0.05, 0) is 12.8 Å². The summed E-state index contributed by atoms with van der Waals surface area (Å²) < 4.78 is 26.9. The minimum absolute atomic E-state index is 0.156. The van der Waals surface area contributed by atoms with Crippen LogP contribution in [0.3, 0.4) is 0 Å². The molecule has 0 aromatic carbocycles. The number of guanidine groups is 1. The average Bonchev–Trinajstić information content (AvgIpc) is 2.83. The van der Waals surface area contributed by atoms with Gasteiger partial charge in [-0.25, -0.2) is 18.5 Å². The van der Waals surface area contributed by atoms with E-state index < -0.39 is 10.0 Å². The number of aliphatic imine (C=N–C) groups is 1. The van der Waals surface area contributed by atoms with Gasteiger partial charge in [-0.1, -0.05) is 19.0 Å². The Hall–Kier alpha value is -1.61.